The van der Waals surface area contributed by atoms with Crippen LogP contribution >= 0.6 is 0 Å². The predicted molar refractivity (Wildman–Crippen MR) is 73.4 cm³/mol. The van der Waals surface area contributed by atoms with Gasteiger partial charge in [0.1, 0.15) is 5.75 Å². The Morgan fingerprint density at radius 3 is 1.41 bits per heavy atom. The molecule has 17 heavy (non-hydrogen) atoms. The molecule has 1 aromatic carbocycles. The summed E-state index contributed by atoms with van der Waals surface area (Å²) in [5.74, 6) is 0.329. The van der Waals surface area contributed by atoms with Crippen LogP contribution in [0.5, 0.6) is 5.75 Å². The molecule has 0 atom stereocenters. The van der Waals surface area contributed by atoms with E-state index in [1.807, 2.05) is 19.1 Å². The van der Waals surface area contributed by atoms with Crippen LogP contribution in [0.3, 0.4) is 0 Å². The van der Waals surface area contributed by atoms with Gasteiger partial charge in [-0.05, 0) is 19.1 Å². The van der Waals surface area contributed by atoms with Crippen LogP contribution in [0.25, 0.3) is 0 Å². The minimum absolute atomic E-state index is 0. The minimum atomic E-state index is 0. The van der Waals surface area contributed by atoms with Gasteiger partial charge in [-0.2, -0.15) is 12.8 Å². The van der Waals surface area contributed by atoms with Crippen molar-refractivity contribution >= 4 is 0 Å². The second kappa shape index (κ2) is 18.7. The minimum Gasteiger partial charge on any atom is -0.508 e. The maximum Gasteiger partial charge on any atom is 0.115 e. The molecule has 0 aliphatic carbocycles. The summed E-state index contributed by atoms with van der Waals surface area (Å²) in [7, 11) is 0. The van der Waals surface area contributed by atoms with Crippen LogP contribution in [-0.2, 0) is 0 Å². The standard InChI is InChI=1S/C7H8O.2C4H9.Nd/c1-6-2-4-7(8)5-3-6;2*1-3-4-2;/h2-5,8H,1H3;2*1,3-4H2,2H3;/q;2*-1;. The Morgan fingerprint density at radius 1 is 0.941 bits per heavy atom. The smallest absolute Gasteiger partial charge is 0.115 e. The average molecular weight is 367 g/mol. The molecule has 98 valence electrons. The molecule has 0 fully saturated rings. The zero-order valence-electron chi connectivity index (χ0n) is 11.5. The molecule has 0 unspecified atom stereocenters. The molecule has 1 nitrogen and oxygen atoms in total. The van der Waals surface area contributed by atoms with E-state index in [1.165, 1.54) is 18.4 Å². The van der Waals surface area contributed by atoms with Crippen molar-refractivity contribution in [1.29, 1.82) is 0 Å². The molecule has 0 aliphatic rings. The van der Waals surface area contributed by atoms with Gasteiger partial charge in [0.25, 0.3) is 0 Å². The number of hydrogen-bond acceptors (Lipinski definition) is 1. The van der Waals surface area contributed by atoms with E-state index in [2.05, 4.69) is 27.7 Å². The molecular weight excluding hydrogens is 340 g/mol. The summed E-state index contributed by atoms with van der Waals surface area (Å²) in [6, 6.07) is 7.09. The number of unbranched alkanes of at least 4 members (excludes halogenated alkanes) is 2. The maximum absolute atomic E-state index is 8.76. The van der Waals surface area contributed by atoms with E-state index in [1.54, 1.807) is 12.1 Å². The maximum atomic E-state index is 8.76. The first-order valence-corrected chi connectivity index (χ1v) is 5.96. The second-order valence-electron chi connectivity index (χ2n) is 3.54. The molecule has 0 bridgehead atoms. The summed E-state index contributed by atoms with van der Waals surface area (Å²) in [5.41, 5.74) is 1.17. The van der Waals surface area contributed by atoms with Crippen molar-refractivity contribution in [1.82, 2.24) is 0 Å². The van der Waals surface area contributed by atoms with Crippen molar-refractivity contribution < 1.29 is 45.9 Å². The number of phenols is 1. The molecule has 0 aliphatic heterocycles. The van der Waals surface area contributed by atoms with Crippen LogP contribution in [-0.4, -0.2) is 5.11 Å². The molecule has 1 aromatic rings. The molecule has 0 saturated heterocycles. The van der Waals surface area contributed by atoms with Gasteiger partial charge >= 0.3 is 0 Å². The third-order valence-electron chi connectivity index (χ3n) is 1.74. The van der Waals surface area contributed by atoms with Crippen molar-refractivity contribution in [3.05, 3.63) is 43.7 Å². The molecule has 0 radical (unpaired) electrons. The summed E-state index contributed by atoms with van der Waals surface area (Å²) in [6.07, 6.45) is 4.56. The van der Waals surface area contributed by atoms with Gasteiger partial charge in [0.2, 0.25) is 0 Å². The van der Waals surface area contributed by atoms with Crippen LogP contribution in [0.15, 0.2) is 24.3 Å². The fourth-order valence-corrected chi connectivity index (χ4v) is 0.545. The third-order valence-corrected chi connectivity index (χ3v) is 1.74. The van der Waals surface area contributed by atoms with E-state index >= 15 is 0 Å². The van der Waals surface area contributed by atoms with Crippen molar-refractivity contribution in [3.63, 3.8) is 0 Å². The molecule has 1 N–H and O–H groups in total. The first kappa shape index (κ1) is 22.5. The Bertz CT molecular complexity index is 190. The number of rotatable bonds is 2. The summed E-state index contributed by atoms with van der Waals surface area (Å²) in [4.78, 5) is 0. The molecule has 0 heterocycles. The Balaban J connectivity index is -0.000000189. The Labute approximate surface area is 141 Å². The Hall–Kier alpha value is 0.371. The van der Waals surface area contributed by atoms with Crippen LogP contribution < -0.4 is 0 Å². The fourth-order valence-electron chi connectivity index (χ4n) is 0.545. The quantitative estimate of drug-likeness (QED) is 0.735. The van der Waals surface area contributed by atoms with Gasteiger partial charge in [0.05, 0.1) is 0 Å². The molecule has 0 saturated carbocycles. The number of phenolic OH excluding ortho intramolecular Hbond substituents is 1. The summed E-state index contributed by atoms with van der Waals surface area (Å²) in [5, 5.41) is 8.76. The Kier molecular flexibility index (Phi) is 24.8. The first-order valence-electron chi connectivity index (χ1n) is 5.96. The molecular formula is C15H26NdO-2. The van der Waals surface area contributed by atoms with Gasteiger partial charge in [-0.3, -0.25) is 0 Å². The van der Waals surface area contributed by atoms with Crippen molar-refractivity contribution in [2.45, 2.75) is 46.5 Å². The molecule has 0 spiro atoms. The molecule has 1 rings (SSSR count). The number of aromatic hydroxyl groups is 1. The summed E-state index contributed by atoms with van der Waals surface area (Å²) in [6.45, 7) is 13.4. The van der Waals surface area contributed by atoms with E-state index in [0.29, 0.717) is 5.75 Å². The van der Waals surface area contributed by atoms with Crippen LogP contribution in [0.4, 0.5) is 0 Å². The number of benzene rings is 1. The van der Waals surface area contributed by atoms with Crippen molar-refractivity contribution in [2.75, 3.05) is 0 Å². The van der Waals surface area contributed by atoms with Gasteiger partial charge in [-0.15, -0.1) is 0 Å². The van der Waals surface area contributed by atoms with E-state index in [0.717, 1.165) is 12.8 Å². The van der Waals surface area contributed by atoms with Gasteiger partial charge in [0.15, 0.2) is 0 Å². The van der Waals surface area contributed by atoms with Gasteiger partial charge in [-0.1, -0.05) is 44.4 Å². The fraction of sp³-hybridized carbons (Fsp3) is 0.467. The monoisotopic (exact) mass is 364 g/mol. The average Bonchev–Trinajstić information content (AvgIpc) is 2.33. The second-order valence-corrected chi connectivity index (χ2v) is 3.54. The van der Waals surface area contributed by atoms with Crippen LogP contribution in [0.2, 0.25) is 0 Å². The van der Waals surface area contributed by atoms with Crippen LogP contribution in [0, 0.1) is 61.6 Å². The van der Waals surface area contributed by atoms with Crippen molar-refractivity contribution in [3.8, 4) is 5.75 Å². The molecule has 0 amide bonds. The van der Waals surface area contributed by atoms with Gasteiger partial charge in [0, 0.05) is 40.8 Å². The van der Waals surface area contributed by atoms with Gasteiger partial charge < -0.3 is 19.0 Å². The molecule has 0 aromatic heterocycles. The predicted octanol–water partition coefficient (Wildman–Crippen LogP) is 4.94. The van der Waals surface area contributed by atoms with E-state index in [4.69, 9.17) is 5.11 Å². The topological polar surface area (TPSA) is 20.2 Å². The first-order chi connectivity index (χ1) is 7.62. The SMILES string of the molecule is Cc1ccc(O)cc1.[CH2-]CCC.[CH2-]CCC.[Nd]. The Morgan fingerprint density at radius 2 is 1.24 bits per heavy atom. The van der Waals surface area contributed by atoms with Gasteiger partial charge in [-0.25, -0.2) is 0 Å². The molecule has 2 heteroatoms. The zero-order chi connectivity index (χ0) is 12.8. The third kappa shape index (κ3) is 22.1. The normalized spacial score (nSPS) is 7.82. The van der Waals surface area contributed by atoms with E-state index in [9.17, 15) is 0 Å². The van der Waals surface area contributed by atoms with Crippen LogP contribution in [0.1, 0.15) is 45.1 Å². The number of aryl methyl sites for hydroxylation is 1. The zero-order valence-corrected chi connectivity index (χ0v) is 14.7. The van der Waals surface area contributed by atoms with E-state index in [-0.39, 0.29) is 40.8 Å². The van der Waals surface area contributed by atoms with Crippen molar-refractivity contribution in [2.24, 2.45) is 0 Å². The summed E-state index contributed by atoms with van der Waals surface area (Å²) < 4.78 is 0. The van der Waals surface area contributed by atoms with E-state index < -0.39 is 0 Å². The number of hydrogen-bond donors (Lipinski definition) is 1. The largest absolute Gasteiger partial charge is 0.508 e. The summed E-state index contributed by atoms with van der Waals surface area (Å²) >= 11 is 0.